The highest BCUT2D eigenvalue weighted by Crippen LogP contribution is 2.43. The van der Waals surface area contributed by atoms with Crippen LogP contribution in [0.2, 0.25) is 0 Å². The van der Waals surface area contributed by atoms with Gasteiger partial charge in [-0.25, -0.2) is 4.68 Å². The first-order valence-corrected chi connectivity index (χ1v) is 13.3. The smallest absolute Gasteiger partial charge is 0.304 e. The number of aryl methyl sites for hydroxylation is 2. The van der Waals surface area contributed by atoms with E-state index in [-0.39, 0.29) is 24.0 Å². The Labute approximate surface area is 227 Å². The van der Waals surface area contributed by atoms with Gasteiger partial charge in [-0.1, -0.05) is 23.4 Å². The summed E-state index contributed by atoms with van der Waals surface area (Å²) >= 11 is 0. The van der Waals surface area contributed by atoms with Crippen LogP contribution in [0.4, 0.5) is 0 Å². The second-order valence-electron chi connectivity index (χ2n) is 11.2. The van der Waals surface area contributed by atoms with E-state index >= 15 is 0 Å². The lowest BCUT2D eigenvalue weighted by Crippen LogP contribution is -2.41. The number of carboxylic acids is 1. The molecule has 1 aliphatic heterocycles. The topological polar surface area (TPSA) is 103 Å². The van der Waals surface area contributed by atoms with Crippen molar-refractivity contribution < 1.29 is 19.4 Å². The number of aliphatic carboxylic acids is 1. The molecule has 0 bridgehead atoms. The van der Waals surface area contributed by atoms with Crippen LogP contribution in [0.25, 0.3) is 11.0 Å². The molecule has 9 heteroatoms. The zero-order valence-electron chi connectivity index (χ0n) is 22.7. The van der Waals surface area contributed by atoms with E-state index < -0.39 is 5.97 Å². The maximum absolute atomic E-state index is 12.1. The summed E-state index contributed by atoms with van der Waals surface area (Å²) in [6, 6.07) is 12.5. The van der Waals surface area contributed by atoms with Gasteiger partial charge in [-0.05, 0) is 67.1 Å². The number of fused-ring (bicyclic) bond motifs is 3. The van der Waals surface area contributed by atoms with Gasteiger partial charge in [-0.3, -0.25) is 14.7 Å². The minimum atomic E-state index is -0.856. The summed E-state index contributed by atoms with van der Waals surface area (Å²) in [5.41, 5.74) is 6.59. The van der Waals surface area contributed by atoms with Crippen molar-refractivity contribution in [2.75, 3.05) is 13.7 Å². The Bertz CT molecular complexity index is 1560. The number of carboxylic acid groups (broad SMARTS) is 1. The molecular weight excluding hydrogens is 494 g/mol. The molecule has 1 N–H and O–H groups in total. The number of hydrogen-bond acceptors (Lipinski definition) is 7. The molecule has 2 unspecified atom stereocenters. The molecule has 39 heavy (non-hydrogen) atoms. The molecule has 6 rings (SSSR count). The molecule has 0 fully saturated rings. The van der Waals surface area contributed by atoms with Crippen LogP contribution in [-0.4, -0.2) is 55.2 Å². The molecule has 2 atom stereocenters. The minimum Gasteiger partial charge on any atom is -0.494 e. The van der Waals surface area contributed by atoms with E-state index in [1.54, 1.807) is 18.0 Å². The van der Waals surface area contributed by atoms with Gasteiger partial charge in [-0.2, -0.15) is 0 Å². The van der Waals surface area contributed by atoms with Gasteiger partial charge in [0.2, 0.25) is 0 Å². The Kier molecular flexibility index (Phi) is 6.26. The molecule has 202 valence electrons. The number of hydrogen-bond donors (Lipinski definition) is 1. The van der Waals surface area contributed by atoms with E-state index in [2.05, 4.69) is 52.2 Å². The van der Waals surface area contributed by atoms with Gasteiger partial charge in [0.15, 0.2) is 0 Å². The van der Waals surface area contributed by atoms with Crippen LogP contribution in [0, 0.1) is 0 Å². The molecule has 0 amide bonds. The highest BCUT2D eigenvalue weighted by molar-refractivity contribution is 5.83. The maximum Gasteiger partial charge on any atom is 0.304 e. The summed E-state index contributed by atoms with van der Waals surface area (Å²) in [5.74, 6) is 0.303. The Morgan fingerprint density at radius 2 is 2.05 bits per heavy atom. The molecule has 0 radical (unpaired) electrons. The molecule has 1 aliphatic carbocycles. The molecular formula is C30H33N5O4. The Hall–Kier alpha value is -3.98. The van der Waals surface area contributed by atoms with Gasteiger partial charge in [0.05, 0.1) is 13.5 Å². The third kappa shape index (κ3) is 4.71. The normalized spacial score (nSPS) is 19.1. The zero-order valence-corrected chi connectivity index (χ0v) is 22.7. The fourth-order valence-electron chi connectivity index (χ4n) is 6.28. The lowest BCUT2D eigenvalue weighted by molar-refractivity contribution is -0.137. The SMILES string of the molecule is COc1cc(C(CC(=O)O)c2ccc3c(c2)C(N2Cc4cnccc4OC(C)(C)C2)CC3)cc2nnn(C)c12. The maximum atomic E-state index is 12.1. The van der Waals surface area contributed by atoms with Crippen molar-refractivity contribution in [2.24, 2.45) is 7.05 Å². The summed E-state index contributed by atoms with van der Waals surface area (Å²) < 4.78 is 13.7. The zero-order chi connectivity index (χ0) is 27.3. The van der Waals surface area contributed by atoms with Gasteiger partial charge in [-0.15, -0.1) is 5.10 Å². The summed E-state index contributed by atoms with van der Waals surface area (Å²) in [6.07, 6.45) is 5.63. The van der Waals surface area contributed by atoms with Crippen molar-refractivity contribution >= 4 is 17.0 Å². The molecule has 4 aromatic rings. The third-order valence-corrected chi connectivity index (χ3v) is 7.95. The van der Waals surface area contributed by atoms with Crippen molar-refractivity contribution in [3.05, 3.63) is 76.6 Å². The van der Waals surface area contributed by atoms with Crippen LogP contribution in [-0.2, 0) is 24.8 Å². The summed E-state index contributed by atoms with van der Waals surface area (Å²) in [7, 11) is 3.42. The second-order valence-corrected chi connectivity index (χ2v) is 11.2. The number of aromatic nitrogens is 4. The quantitative estimate of drug-likeness (QED) is 0.387. The Morgan fingerprint density at radius 1 is 1.21 bits per heavy atom. The largest absolute Gasteiger partial charge is 0.494 e. The van der Waals surface area contributed by atoms with Gasteiger partial charge in [0.1, 0.15) is 28.1 Å². The summed E-state index contributed by atoms with van der Waals surface area (Å²) in [5, 5.41) is 18.3. The van der Waals surface area contributed by atoms with Crippen molar-refractivity contribution in [2.45, 2.75) is 57.2 Å². The van der Waals surface area contributed by atoms with Crippen molar-refractivity contribution in [3.63, 3.8) is 0 Å². The predicted octanol–water partition coefficient (Wildman–Crippen LogP) is 4.64. The Balaban J connectivity index is 1.40. The van der Waals surface area contributed by atoms with Crippen LogP contribution in [0.5, 0.6) is 11.5 Å². The minimum absolute atomic E-state index is 0.0397. The second kappa shape index (κ2) is 9.64. The van der Waals surface area contributed by atoms with Crippen molar-refractivity contribution in [3.8, 4) is 11.5 Å². The first kappa shape index (κ1) is 25.3. The molecule has 9 nitrogen and oxygen atoms in total. The number of ether oxygens (including phenoxy) is 2. The fourth-order valence-corrected chi connectivity index (χ4v) is 6.28. The molecule has 2 aliphatic rings. The van der Waals surface area contributed by atoms with Crippen LogP contribution in [0.1, 0.15) is 66.5 Å². The molecule has 0 saturated heterocycles. The van der Waals surface area contributed by atoms with Gasteiger partial charge in [0, 0.05) is 50.1 Å². The van der Waals surface area contributed by atoms with E-state index in [0.717, 1.165) is 53.9 Å². The number of methoxy groups -OCH3 is 1. The number of rotatable bonds is 6. The number of pyridine rings is 1. The number of benzene rings is 2. The lowest BCUT2D eigenvalue weighted by atomic mass is 9.86. The summed E-state index contributed by atoms with van der Waals surface area (Å²) in [4.78, 5) is 18.9. The van der Waals surface area contributed by atoms with E-state index in [1.807, 2.05) is 31.4 Å². The van der Waals surface area contributed by atoms with Crippen LogP contribution >= 0.6 is 0 Å². The standard InChI is InChI=1S/C30H33N5O4/c1-30(2)17-35(16-21-15-31-10-9-26(21)39-30)25-8-7-18-5-6-19(11-23(18)25)22(14-28(36)37)20-12-24-29(27(13-20)38-4)34(3)33-32-24/h5-6,9-13,15,22,25H,7-8,14,16-17H2,1-4H3,(H,36,37). The fraction of sp³-hybridized carbons (Fsp3) is 0.400. The van der Waals surface area contributed by atoms with Gasteiger partial charge in [0.25, 0.3) is 0 Å². The first-order valence-electron chi connectivity index (χ1n) is 13.3. The van der Waals surface area contributed by atoms with E-state index in [4.69, 9.17) is 9.47 Å². The number of nitrogens with zero attached hydrogens (tertiary/aromatic N) is 5. The molecule has 2 aromatic carbocycles. The lowest BCUT2D eigenvalue weighted by Gasteiger charge is -2.34. The van der Waals surface area contributed by atoms with Crippen LogP contribution < -0.4 is 9.47 Å². The molecule has 0 spiro atoms. The van der Waals surface area contributed by atoms with Crippen LogP contribution in [0.15, 0.2) is 48.8 Å². The van der Waals surface area contributed by atoms with Gasteiger partial charge >= 0.3 is 5.97 Å². The summed E-state index contributed by atoms with van der Waals surface area (Å²) in [6.45, 7) is 5.77. The molecule has 3 heterocycles. The average Bonchev–Trinajstić information content (AvgIpc) is 3.46. The van der Waals surface area contributed by atoms with E-state index in [0.29, 0.717) is 11.3 Å². The molecule has 0 saturated carbocycles. The van der Waals surface area contributed by atoms with E-state index in [1.165, 1.54) is 11.1 Å². The monoisotopic (exact) mass is 527 g/mol. The highest BCUT2D eigenvalue weighted by Gasteiger charge is 2.36. The first-order chi connectivity index (χ1) is 18.7. The third-order valence-electron chi connectivity index (χ3n) is 7.95. The Morgan fingerprint density at radius 3 is 2.85 bits per heavy atom. The highest BCUT2D eigenvalue weighted by atomic mass is 16.5. The van der Waals surface area contributed by atoms with Crippen molar-refractivity contribution in [1.82, 2.24) is 24.9 Å². The number of carbonyl (C=O) groups is 1. The van der Waals surface area contributed by atoms with E-state index in [9.17, 15) is 9.90 Å². The average molecular weight is 528 g/mol. The molecule has 2 aromatic heterocycles. The van der Waals surface area contributed by atoms with Crippen LogP contribution in [0.3, 0.4) is 0 Å². The van der Waals surface area contributed by atoms with Gasteiger partial charge < -0.3 is 14.6 Å². The predicted molar refractivity (Wildman–Crippen MR) is 146 cm³/mol. The van der Waals surface area contributed by atoms with Crippen molar-refractivity contribution in [1.29, 1.82) is 0 Å².